The number of thioether (sulfide) groups is 1. The zero-order valence-electron chi connectivity index (χ0n) is 18.5. The zero-order chi connectivity index (χ0) is 25.1. The summed E-state index contributed by atoms with van der Waals surface area (Å²) in [4.78, 5) is 25.0. The molecule has 0 bridgehead atoms. The highest BCUT2D eigenvalue weighted by Gasteiger charge is 2.32. The maximum Gasteiger partial charge on any atom is 0.446 e. The number of fused-ring (bicyclic) bond motifs is 2. The van der Waals surface area contributed by atoms with Crippen molar-refractivity contribution < 1.29 is 27.8 Å². The Kier molecular flexibility index (Phi) is 5.55. The highest BCUT2D eigenvalue weighted by atomic mass is 32.2. The number of nitrogens with zero attached hydrogens (tertiary/aromatic N) is 5. The maximum atomic E-state index is 13.1. The van der Waals surface area contributed by atoms with Crippen LogP contribution in [0.2, 0.25) is 0 Å². The van der Waals surface area contributed by atoms with Crippen molar-refractivity contribution in [1.29, 1.82) is 0 Å². The smallest absolute Gasteiger partial charge is 0.326 e. The van der Waals surface area contributed by atoms with Crippen LogP contribution >= 0.6 is 11.8 Å². The third-order valence-corrected chi connectivity index (χ3v) is 8.03. The molecule has 5 rings (SSSR count). The second-order valence-electron chi connectivity index (χ2n) is 8.13. The summed E-state index contributed by atoms with van der Waals surface area (Å²) in [6.07, 6.45) is 4.28. The molecule has 0 spiro atoms. The molecule has 1 N–H and O–H groups in total. The van der Waals surface area contributed by atoms with E-state index in [0.29, 0.717) is 5.69 Å². The zero-order valence-corrected chi connectivity index (χ0v) is 20.1. The quantitative estimate of drug-likeness (QED) is 0.373. The number of hydrogen-bond donors (Lipinski definition) is 1. The lowest BCUT2D eigenvalue weighted by Gasteiger charge is -2.07. The number of anilines is 1. The Balaban J connectivity index is 0.00000304. The number of amides is 1. The Morgan fingerprint density at radius 1 is 1.29 bits per heavy atom. The molecule has 4 aromatic heterocycles. The lowest BCUT2D eigenvalue weighted by atomic mass is 10.3. The first-order chi connectivity index (χ1) is 16.5. The fraction of sp³-hybridized carbons (Fsp3) is 0.333. The van der Waals surface area contributed by atoms with E-state index < -0.39 is 15.3 Å². The number of aryl methyl sites for hydroxylation is 1. The van der Waals surface area contributed by atoms with Gasteiger partial charge in [-0.25, -0.2) is 23.4 Å². The van der Waals surface area contributed by atoms with Gasteiger partial charge in [-0.15, -0.1) is 0 Å². The molecule has 1 aliphatic rings. The first kappa shape index (κ1) is 23.6. The predicted molar refractivity (Wildman–Crippen MR) is 126 cm³/mol. The van der Waals surface area contributed by atoms with Gasteiger partial charge in [-0.1, -0.05) is 6.92 Å². The molecule has 9 nitrogen and oxygen atoms in total. The number of imidazole rings is 2. The van der Waals surface area contributed by atoms with Crippen molar-refractivity contribution in [2.24, 2.45) is 13.0 Å². The molecular formula is C21H21F3N6O3S2. The second kappa shape index (κ2) is 8.22. The number of alkyl halides is 3. The molecule has 186 valence electrons. The highest BCUT2D eigenvalue weighted by molar-refractivity contribution is 8.00. The summed E-state index contributed by atoms with van der Waals surface area (Å²) in [5.41, 5.74) is -3.24. The van der Waals surface area contributed by atoms with Crippen LogP contribution in [0.15, 0.2) is 40.5 Å². The lowest BCUT2D eigenvalue weighted by Crippen LogP contribution is -2.13. The fourth-order valence-electron chi connectivity index (χ4n) is 3.73. The van der Waals surface area contributed by atoms with E-state index in [1.807, 2.05) is 0 Å². The number of nitrogens with one attached hydrogen (secondary N) is 1. The van der Waals surface area contributed by atoms with E-state index >= 15 is 0 Å². The monoisotopic (exact) mass is 526 g/mol. The van der Waals surface area contributed by atoms with Crippen LogP contribution in [-0.2, 0) is 21.7 Å². The molecule has 0 radical (unpaired) electrons. The van der Waals surface area contributed by atoms with Gasteiger partial charge in [0.05, 0.1) is 5.75 Å². The number of aromatic nitrogens is 5. The Labute approximate surface area is 203 Å². The largest absolute Gasteiger partial charge is 0.446 e. The van der Waals surface area contributed by atoms with E-state index in [1.54, 1.807) is 19.2 Å². The molecule has 1 fully saturated rings. The van der Waals surface area contributed by atoms with E-state index in [2.05, 4.69) is 20.3 Å². The Morgan fingerprint density at radius 2 is 2.03 bits per heavy atom. The van der Waals surface area contributed by atoms with Crippen molar-refractivity contribution in [3.8, 4) is 11.5 Å². The van der Waals surface area contributed by atoms with Crippen molar-refractivity contribution in [3.63, 3.8) is 0 Å². The summed E-state index contributed by atoms with van der Waals surface area (Å²) in [6.45, 7) is 1.50. The third kappa shape index (κ3) is 4.47. The molecule has 14 heteroatoms. The first-order valence-electron chi connectivity index (χ1n) is 10.6. The van der Waals surface area contributed by atoms with Crippen molar-refractivity contribution in [2.45, 2.75) is 35.2 Å². The summed E-state index contributed by atoms with van der Waals surface area (Å²) in [5, 5.41) is 2.71. The van der Waals surface area contributed by atoms with Crippen LogP contribution in [0, 0.1) is 5.92 Å². The minimum Gasteiger partial charge on any atom is -0.326 e. The SMILES string of the molecule is CCS(=O)(=O)c1c(-c2nc3cc(SC(F)(F)F)cnc3n2C)nc2cc(NC(=O)C3CC3)ccn12.[HH]. The fourth-order valence-corrected chi connectivity index (χ4v) is 5.43. The number of carbonyl (C=O) groups is 1. The number of carbonyl (C=O) groups excluding carboxylic acids is 1. The van der Waals surface area contributed by atoms with Crippen LogP contribution in [0.4, 0.5) is 18.9 Å². The molecule has 0 aliphatic heterocycles. The molecule has 0 aromatic carbocycles. The molecule has 1 saturated carbocycles. The van der Waals surface area contributed by atoms with Gasteiger partial charge in [0.15, 0.2) is 26.3 Å². The number of hydrogen-bond acceptors (Lipinski definition) is 7. The maximum absolute atomic E-state index is 13.1. The lowest BCUT2D eigenvalue weighted by molar-refractivity contribution is -0.117. The van der Waals surface area contributed by atoms with Crippen LogP contribution in [0.25, 0.3) is 28.3 Å². The van der Waals surface area contributed by atoms with Gasteiger partial charge in [0.25, 0.3) is 0 Å². The number of sulfone groups is 1. The molecule has 0 saturated heterocycles. The van der Waals surface area contributed by atoms with Gasteiger partial charge in [-0.3, -0.25) is 9.20 Å². The number of pyridine rings is 2. The Bertz CT molecular complexity index is 1600. The molecule has 1 amide bonds. The highest BCUT2D eigenvalue weighted by Crippen LogP contribution is 2.38. The third-order valence-electron chi connectivity index (χ3n) is 5.60. The van der Waals surface area contributed by atoms with Gasteiger partial charge in [0, 0.05) is 43.4 Å². The van der Waals surface area contributed by atoms with Gasteiger partial charge in [0.2, 0.25) is 5.91 Å². The van der Waals surface area contributed by atoms with Crippen LogP contribution < -0.4 is 5.32 Å². The molecular weight excluding hydrogens is 505 g/mol. The van der Waals surface area contributed by atoms with E-state index in [1.165, 1.54) is 28.2 Å². The topological polar surface area (TPSA) is 111 Å². The van der Waals surface area contributed by atoms with E-state index in [0.717, 1.165) is 19.0 Å². The van der Waals surface area contributed by atoms with Crippen molar-refractivity contribution in [2.75, 3.05) is 11.1 Å². The van der Waals surface area contributed by atoms with Crippen LogP contribution in [-0.4, -0.2) is 49.5 Å². The summed E-state index contributed by atoms with van der Waals surface area (Å²) in [7, 11) is -2.21. The summed E-state index contributed by atoms with van der Waals surface area (Å²) in [6, 6.07) is 4.40. The predicted octanol–water partition coefficient (Wildman–Crippen LogP) is 4.28. The minimum absolute atomic E-state index is 0. The number of halogens is 3. The molecule has 4 heterocycles. The average molecular weight is 527 g/mol. The van der Waals surface area contributed by atoms with Crippen LogP contribution in [0.5, 0.6) is 0 Å². The van der Waals surface area contributed by atoms with Crippen LogP contribution in [0.1, 0.15) is 21.2 Å². The molecule has 35 heavy (non-hydrogen) atoms. The van der Waals surface area contributed by atoms with E-state index in [9.17, 15) is 26.4 Å². The van der Waals surface area contributed by atoms with Crippen LogP contribution in [0.3, 0.4) is 0 Å². The van der Waals surface area contributed by atoms with Crippen molar-refractivity contribution in [3.05, 3.63) is 30.6 Å². The Morgan fingerprint density at radius 3 is 2.69 bits per heavy atom. The standard InChI is InChI=1S/C21H19F3N6O3S2.H2/c1-3-35(32,33)20-16(28-15-8-12(6-7-30(15)20)26-19(31)11-4-5-11)18-27-14-9-13(34-21(22,23)24)10-25-17(14)29(18)2;/h6-11H,3-5H2,1-2H3,(H,26,31);1H. The normalized spacial score (nSPS) is 14.7. The van der Waals surface area contributed by atoms with Gasteiger partial charge >= 0.3 is 5.51 Å². The van der Waals surface area contributed by atoms with Gasteiger partial charge in [-0.2, -0.15) is 13.2 Å². The van der Waals surface area contributed by atoms with Gasteiger partial charge in [0.1, 0.15) is 16.9 Å². The molecule has 0 unspecified atom stereocenters. The number of rotatable bonds is 6. The molecule has 1 aliphatic carbocycles. The second-order valence-corrected chi connectivity index (χ2v) is 11.5. The summed E-state index contributed by atoms with van der Waals surface area (Å²) >= 11 is -0.308. The molecule has 4 aromatic rings. The van der Waals surface area contributed by atoms with Gasteiger partial charge in [-0.05, 0) is 36.7 Å². The Hall–Kier alpha value is -3.13. The van der Waals surface area contributed by atoms with Gasteiger partial charge < -0.3 is 9.88 Å². The first-order valence-corrected chi connectivity index (χ1v) is 13.1. The summed E-state index contributed by atoms with van der Waals surface area (Å²) < 4.78 is 67.4. The van der Waals surface area contributed by atoms with Crippen molar-refractivity contribution >= 4 is 50.0 Å². The average Bonchev–Trinajstić information content (AvgIpc) is 3.49. The minimum atomic E-state index is -4.48. The van der Waals surface area contributed by atoms with Crippen molar-refractivity contribution in [1.82, 2.24) is 23.9 Å². The van der Waals surface area contributed by atoms with E-state index in [4.69, 9.17) is 0 Å². The van der Waals surface area contributed by atoms with E-state index in [-0.39, 0.29) is 69.0 Å². The summed E-state index contributed by atoms with van der Waals surface area (Å²) in [5.74, 6) is -0.175. The molecule has 0 atom stereocenters.